The van der Waals surface area contributed by atoms with Crippen LogP contribution in [0.3, 0.4) is 0 Å². The average molecular weight is 358 g/mol. The number of nitrogens with zero attached hydrogens (tertiary/aromatic N) is 3. The summed E-state index contributed by atoms with van der Waals surface area (Å²) in [6, 6.07) is 6.01. The maximum Gasteiger partial charge on any atom is 0.337 e. The summed E-state index contributed by atoms with van der Waals surface area (Å²) >= 11 is 1.44. The van der Waals surface area contributed by atoms with Gasteiger partial charge in [0, 0.05) is 5.56 Å². The van der Waals surface area contributed by atoms with Crippen molar-refractivity contribution in [2.45, 2.75) is 13.8 Å². The molecule has 3 aromatic rings. The molecule has 128 valence electrons. The van der Waals surface area contributed by atoms with E-state index < -0.39 is 11.9 Å². The highest BCUT2D eigenvalue weighted by molar-refractivity contribution is 7.15. The summed E-state index contributed by atoms with van der Waals surface area (Å²) in [7, 11) is 1.29. The largest absolute Gasteiger partial charge is 0.465 e. The second kappa shape index (κ2) is 6.81. The molecule has 0 unspecified atom stereocenters. The number of hydrogen-bond donors (Lipinski definition) is 1. The van der Waals surface area contributed by atoms with E-state index in [4.69, 9.17) is 4.42 Å². The lowest BCUT2D eigenvalue weighted by Gasteiger charge is -2.02. The number of anilines is 1. The van der Waals surface area contributed by atoms with Gasteiger partial charge in [-0.05, 0) is 38.1 Å². The van der Waals surface area contributed by atoms with E-state index in [0.29, 0.717) is 17.0 Å². The van der Waals surface area contributed by atoms with Crippen molar-refractivity contribution in [3.8, 4) is 10.8 Å². The number of rotatable bonds is 4. The van der Waals surface area contributed by atoms with E-state index in [0.717, 1.165) is 15.6 Å². The van der Waals surface area contributed by atoms with Crippen LogP contribution in [0, 0.1) is 13.8 Å². The van der Waals surface area contributed by atoms with Crippen molar-refractivity contribution in [1.29, 1.82) is 0 Å². The molecule has 2 aromatic heterocycles. The maximum atomic E-state index is 12.2. The first-order valence-corrected chi connectivity index (χ1v) is 8.07. The van der Waals surface area contributed by atoms with Crippen LogP contribution in [0.2, 0.25) is 0 Å². The van der Waals surface area contributed by atoms with Gasteiger partial charge < -0.3 is 9.15 Å². The number of esters is 1. The number of nitrogens with one attached hydrogen (secondary N) is 1. The number of benzene rings is 1. The Kier molecular flexibility index (Phi) is 4.57. The fourth-order valence-electron chi connectivity index (χ4n) is 2.14. The summed E-state index contributed by atoms with van der Waals surface area (Å²) in [6.07, 6.45) is 0. The molecule has 0 atom stereocenters. The molecular formula is C16H14N4O4S. The van der Waals surface area contributed by atoms with Crippen LogP contribution in [-0.2, 0) is 4.74 Å². The zero-order chi connectivity index (χ0) is 18.0. The molecule has 9 heteroatoms. The van der Waals surface area contributed by atoms with Crippen molar-refractivity contribution < 1.29 is 18.7 Å². The van der Waals surface area contributed by atoms with E-state index in [-0.39, 0.29) is 6.01 Å². The molecule has 8 nitrogen and oxygen atoms in total. The summed E-state index contributed by atoms with van der Waals surface area (Å²) in [5.74, 6) is -0.591. The standard InChI is InChI=1S/C16H14N4O4S/c1-8-12(25-9(2)17-8)14-19-20-16(24-14)18-13(21)10-4-6-11(7-5-10)15(22)23-3/h4-7H,1-3H3,(H,18,20,21). The molecule has 0 spiro atoms. The van der Waals surface area contributed by atoms with E-state index in [1.807, 2.05) is 13.8 Å². The smallest absolute Gasteiger partial charge is 0.337 e. The van der Waals surface area contributed by atoms with Crippen molar-refractivity contribution in [1.82, 2.24) is 15.2 Å². The van der Waals surface area contributed by atoms with Gasteiger partial charge in [0.15, 0.2) is 0 Å². The average Bonchev–Trinajstić information content (AvgIpc) is 3.20. The highest BCUT2D eigenvalue weighted by Gasteiger charge is 2.17. The monoisotopic (exact) mass is 358 g/mol. The van der Waals surface area contributed by atoms with Crippen LogP contribution in [0.1, 0.15) is 31.4 Å². The van der Waals surface area contributed by atoms with Crippen molar-refractivity contribution >= 4 is 29.2 Å². The molecule has 0 radical (unpaired) electrons. The second-order valence-corrected chi connectivity index (χ2v) is 6.29. The normalized spacial score (nSPS) is 10.5. The number of hydrogen-bond acceptors (Lipinski definition) is 8. The Balaban J connectivity index is 1.73. The molecule has 0 bridgehead atoms. The van der Waals surface area contributed by atoms with Crippen LogP contribution in [0.4, 0.5) is 6.01 Å². The summed E-state index contributed by atoms with van der Waals surface area (Å²) in [6.45, 7) is 3.74. The van der Waals surface area contributed by atoms with Gasteiger partial charge in [-0.2, -0.15) is 0 Å². The molecule has 1 N–H and O–H groups in total. The number of aryl methyl sites for hydroxylation is 2. The molecule has 0 fully saturated rings. The second-order valence-electron chi connectivity index (χ2n) is 5.08. The van der Waals surface area contributed by atoms with E-state index in [1.165, 1.54) is 42.7 Å². The van der Waals surface area contributed by atoms with Crippen molar-refractivity contribution in [3.05, 3.63) is 46.1 Å². The Morgan fingerprint density at radius 3 is 2.40 bits per heavy atom. The van der Waals surface area contributed by atoms with E-state index >= 15 is 0 Å². The van der Waals surface area contributed by atoms with Gasteiger partial charge in [0.05, 0.1) is 23.4 Å². The fraction of sp³-hybridized carbons (Fsp3) is 0.188. The molecule has 1 amide bonds. The number of amides is 1. The van der Waals surface area contributed by atoms with Gasteiger partial charge in [0.1, 0.15) is 4.88 Å². The third-order valence-electron chi connectivity index (χ3n) is 3.31. The van der Waals surface area contributed by atoms with Gasteiger partial charge in [0.2, 0.25) is 0 Å². The lowest BCUT2D eigenvalue weighted by Crippen LogP contribution is -2.12. The van der Waals surface area contributed by atoms with Gasteiger partial charge in [-0.1, -0.05) is 5.10 Å². The van der Waals surface area contributed by atoms with E-state index in [1.54, 1.807) is 0 Å². The molecule has 2 heterocycles. The quantitative estimate of drug-likeness (QED) is 0.715. The Morgan fingerprint density at radius 2 is 1.80 bits per heavy atom. The van der Waals surface area contributed by atoms with Crippen LogP contribution >= 0.6 is 11.3 Å². The number of carbonyl (C=O) groups excluding carboxylic acids is 2. The number of thiazole rings is 1. The van der Waals surface area contributed by atoms with E-state index in [2.05, 4.69) is 25.2 Å². The molecule has 0 saturated heterocycles. The third-order valence-corrected chi connectivity index (χ3v) is 4.37. The van der Waals surface area contributed by atoms with Crippen LogP contribution in [0.5, 0.6) is 0 Å². The molecule has 0 saturated carbocycles. The molecule has 25 heavy (non-hydrogen) atoms. The minimum absolute atomic E-state index is 0.0116. The number of carbonyl (C=O) groups is 2. The van der Waals surface area contributed by atoms with Crippen LogP contribution in [0.15, 0.2) is 28.7 Å². The van der Waals surface area contributed by atoms with Crippen LogP contribution in [0.25, 0.3) is 10.8 Å². The molecule has 0 aliphatic rings. The lowest BCUT2D eigenvalue weighted by molar-refractivity contribution is 0.0600. The molecule has 0 aliphatic carbocycles. The lowest BCUT2D eigenvalue weighted by atomic mass is 10.1. The Bertz CT molecular complexity index is 930. The van der Waals surface area contributed by atoms with Gasteiger partial charge in [-0.25, -0.2) is 9.78 Å². The Morgan fingerprint density at radius 1 is 1.12 bits per heavy atom. The summed E-state index contributed by atoms with van der Waals surface area (Å²) in [4.78, 5) is 28.7. The fourth-order valence-corrected chi connectivity index (χ4v) is 2.98. The number of aromatic nitrogens is 3. The minimum atomic E-state index is -0.469. The maximum absolute atomic E-state index is 12.2. The van der Waals surface area contributed by atoms with Crippen molar-refractivity contribution in [2.24, 2.45) is 0 Å². The number of methoxy groups -OCH3 is 1. The highest BCUT2D eigenvalue weighted by atomic mass is 32.1. The topological polar surface area (TPSA) is 107 Å². The van der Waals surface area contributed by atoms with Crippen LogP contribution < -0.4 is 5.32 Å². The first-order valence-electron chi connectivity index (χ1n) is 7.25. The zero-order valence-corrected chi connectivity index (χ0v) is 14.5. The van der Waals surface area contributed by atoms with Gasteiger partial charge in [-0.3, -0.25) is 10.1 Å². The Labute approximate surface area is 146 Å². The molecular weight excluding hydrogens is 344 g/mol. The summed E-state index contributed by atoms with van der Waals surface area (Å²) < 4.78 is 10.1. The zero-order valence-electron chi connectivity index (χ0n) is 13.7. The molecule has 3 rings (SSSR count). The third kappa shape index (κ3) is 3.56. The van der Waals surface area contributed by atoms with Gasteiger partial charge >= 0.3 is 12.0 Å². The summed E-state index contributed by atoms with van der Waals surface area (Å²) in [5, 5.41) is 11.2. The van der Waals surface area contributed by atoms with Crippen molar-refractivity contribution in [3.63, 3.8) is 0 Å². The molecule has 0 aliphatic heterocycles. The van der Waals surface area contributed by atoms with Crippen LogP contribution in [-0.4, -0.2) is 34.2 Å². The van der Waals surface area contributed by atoms with E-state index in [9.17, 15) is 9.59 Å². The Hall–Kier alpha value is -3.07. The first-order chi connectivity index (χ1) is 12.0. The molecule has 1 aromatic carbocycles. The van der Waals surface area contributed by atoms with Gasteiger partial charge in [-0.15, -0.1) is 16.4 Å². The number of ether oxygens (including phenoxy) is 1. The predicted molar refractivity (Wildman–Crippen MR) is 90.6 cm³/mol. The highest BCUT2D eigenvalue weighted by Crippen LogP contribution is 2.29. The van der Waals surface area contributed by atoms with Crippen molar-refractivity contribution in [2.75, 3.05) is 12.4 Å². The van der Waals surface area contributed by atoms with Gasteiger partial charge in [0.25, 0.3) is 11.8 Å². The minimum Gasteiger partial charge on any atom is -0.465 e. The SMILES string of the molecule is COC(=O)c1ccc(C(=O)Nc2nnc(-c3sc(C)nc3C)o2)cc1. The first kappa shape index (κ1) is 16.8. The predicted octanol–water partition coefficient (Wildman–Crippen LogP) is 2.85. The summed E-state index contributed by atoms with van der Waals surface area (Å²) in [5.41, 5.74) is 1.50.